The first kappa shape index (κ1) is 10.3. The molecule has 2 N–H and O–H groups in total. The standard InChI is InChI=1S/C11H14ClN3O/c12-11-7(6-16)1-9(4-14-11)15-5-8-2-10(15)3-13-8/h1,4,8,10,13,16H,2-3,5-6H2/t8-,10-/m1/s1. The number of piperazine rings is 1. The third-order valence-electron chi connectivity index (χ3n) is 3.46. The second kappa shape index (κ2) is 3.87. The fourth-order valence-corrected chi connectivity index (χ4v) is 2.79. The molecule has 0 amide bonds. The third-order valence-corrected chi connectivity index (χ3v) is 3.80. The van der Waals surface area contributed by atoms with Crippen molar-refractivity contribution < 1.29 is 5.11 Å². The molecule has 5 heteroatoms. The van der Waals surface area contributed by atoms with Crippen molar-refractivity contribution in [1.29, 1.82) is 0 Å². The number of aliphatic hydroxyl groups excluding tert-OH is 1. The van der Waals surface area contributed by atoms with Crippen LogP contribution in [0.1, 0.15) is 12.0 Å². The van der Waals surface area contributed by atoms with Crippen LogP contribution in [0, 0.1) is 0 Å². The number of anilines is 1. The van der Waals surface area contributed by atoms with Crippen LogP contribution < -0.4 is 10.2 Å². The summed E-state index contributed by atoms with van der Waals surface area (Å²) < 4.78 is 0. The van der Waals surface area contributed by atoms with Crippen molar-refractivity contribution in [2.24, 2.45) is 0 Å². The number of nitrogens with zero attached hydrogens (tertiary/aromatic N) is 2. The Balaban J connectivity index is 1.89. The molecule has 0 aliphatic carbocycles. The smallest absolute Gasteiger partial charge is 0.134 e. The molecule has 2 aliphatic rings. The molecule has 86 valence electrons. The molecule has 4 nitrogen and oxygen atoms in total. The lowest BCUT2D eigenvalue weighted by atomic mass is 10.2. The molecule has 0 unspecified atom stereocenters. The Morgan fingerprint density at radius 1 is 1.62 bits per heavy atom. The minimum Gasteiger partial charge on any atom is -0.392 e. The van der Waals surface area contributed by atoms with Crippen LogP contribution in [-0.4, -0.2) is 35.3 Å². The van der Waals surface area contributed by atoms with Gasteiger partial charge in [0.1, 0.15) is 5.15 Å². The first-order chi connectivity index (χ1) is 7.78. The van der Waals surface area contributed by atoms with E-state index in [4.69, 9.17) is 16.7 Å². The van der Waals surface area contributed by atoms with Crippen LogP contribution in [0.5, 0.6) is 0 Å². The molecule has 2 bridgehead atoms. The minimum absolute atomic E-state index is 0.0557. The summed E-state index contributed by atoms with van der Waals surface area (Å²) in [4.78, 5) is 6.47. The fraction of sp³-hybridized carbons (Fsp3) is 0.545. The van der Waals surface area contributed by atoms with Crippen molar-refractivity contribution in [2.75, 3.05) is 18.0 Å². The number of rotatable bonds is 2. The molecule has 0 saturated carbocycles. The van der Waals surface area contributed by atoms with Gasteiger partial charge in [-0.3, -0.25) is 0 Å². The van der Waals surface area contributed by atoms with Crippen molar-refractivity contribution in [1.82, 2.24) is 10.3 Å². The highest BCUT2D eigenvalue weighted by Gasteiger charge is 2.37. The predicted molar refractivity (Wildman–Crippen MR) is 62.7 cm³/mol. The van der Waals surface area contributed by atoms with E-state index in [1.54, 1.807) is 6.20 Å². The van der Waals surface area contributed by atoms with Crippen LogP contribution in [0.15, 0.2) is 12.3 Å². The minimum atomic E-state index is -0.0557. The maximum Gasteiger partial charge on any atom is 0.134 e. The Morgan fingerprint density at radius 2 is 2.50 bits per heavy atom. The number of aliphatic hydroxyl groups is 1. The Bertz CT molecular complexity index is 412. The topological polar surface area (TPSA) is 48.4 Å². The number of fused-ring (bicyclic) bond motifs is 2. The van der Waals surface area contributed by atoms with Gasteiger partial charge in [0.25, 0.3) is 0 Å². The molecule has 0 aromatic carbocycles. The van der Waals surface area contributed by atoms with Gasteiger partial charge in [-0.15, -0.1) is 0 Å². The molecule has 0 spiro atoms. The second-order valence-electron chi connectivity index (χ2n) is 4.45. The quantitative estimate of drug-likeness (QED) is 0.749. The highest BCUT2D eigenvalue weighted by atomic mass is 35.5. The van der Waals surface area contributed by atoms with Gasteiger partial charge in [0.15, 0.2) is 0 Å². The number of nitrogens with one attached hydrogen (secondary N) is 1. The number of hydrogen-bond acceptors (Lipinski definition) is 4. The average molecular weight is 240 g/mol. The van der Waals surface area contributed by atoms with Gasteiger partial charge in [0.05, 0.1) is 18.5 Å². The molecule has 3 heterocycles. The van der Waals surface area contributed by atoms with Gasteiger partial charge in [0, 0.05) is 30.7 Å². The summed E-state index contributed by atoms with van der Waals surface area (Å²) in [5.74, 6) is 0. The van der Waals surface area contributed by atoms with Gasteiger partial charge in [-0.05, 0) is 12.5 Å². The van der Waals surface area contributed by atoms with Crippen LogP contribution >= 0.6 is 11.6 Å². The molecule has 2 atom stereocenters. The summed E-state index contributed by atoms with van der Waals surface area (Å²) in [5.41, 5.74) is 1.78. The van der Waals surface area contributed by atoms with Gasteiger partial charge in [-0.1, -0.05) is 11.6 Å². The van der Waals surface area contributed by atoms with E-state index in [0.717, 1.165) is 18.8 Å². The van der Waals surface area contributed by atoms with Crippen LogP contribution in [-0.2, 0) is 6.61 Å². The van der Waals surface area contributed by atoms with Gasteiger partial charge in [0.2, 0.25) is 0 Å². The zero-order valence-corrected chi connectivity index (χ0v) is 9.61. The van der Waals surface area contributed by atoms with Crippen molar-refractivity contribution in [3.63, 3.8) is 0 Å². The van der Waals surface area contributed by atoms with Crippen molar-refractivity contribution in [3.05, 3.63) is 23.0 Å². The summed E-state index contributed by atoms with van der Waals surface area (Å²) in [6.45, 7) is 2.01. The number of aromatic nitrogens is 1. The molecule has 2 aliphatic heterocycles. The van der Waals surface area contributed by atoms with E-state index in [1.165, 1.54) is 6.42 Å². The lowest BCUT2D eigenvalue weighted by molar-refractivity contribution is 0.281. The molecule has 1 aromatic rings. The molecular formula is C11H14ClN3O. The van der Waals surface area contributed by atoms with Gasteiger partial charge in [-0.25, -0.2) is 4.98 Å². The number of pyridine rings is 1. The maximum absolute atomic E-state index is 9.16. The van der Waals surface area contributed by atoms with E-state index in [0.29, 0.717) is 22.8 Å². The lowest BCUT2D eigenvalue weighted by Crippen LogP contribution is -2.43. The van der Waals surface area contributed by atoms with E-state index in [2.05, 4.69) is 15.2 Å². The van der Waals surface area contributed by atoms with Gasteiger partial charge in [-0.2, -0.15) is 0 Å². The van der Waals surface area contributed by atoms with Crippen molar-refractivity contribution in [2.45, 2.75) is 25.1 Å². The van der Waals surface area contributed by atoms with Crippen LogP contribution in [0.4, 0.5) is 5.69 Å². The summed E-state index contributed by atoms with van der Waals surface area (Å²) in [6.07, 6.45) is 3.00. The second-order valence-corrected chi connectivity index (χ2v) is 4.81. The van der Waals surface area contributed by atoms with E-state index in [-0.39, 0.29) is 6.61 Å². The number of hydrogen-bond donors (Lipinski definition) is 2. The van der Waals surface area contributed by atoms with Crippen LogP contribution in [0.3, 0.4) is 0 Å². The zero-order chi connectivity index (χ0) is 11.1. The van der Waals surface area contributed by atoms with Gasteiger partial charge >= 0.3 is 0 Å². The molecule has 2 saturated heterocycles. The van der Waals surface area contributed by atoms with E-state index in [1.807, 2.05) is 6.07 Å². The molecule has 1 aromatic heterocycles. The molecular weight excluding hydrogens is 226 g/mol. The predicted octanol–water partition coefficient (Wildman–Crippen LogP) is 0.778. The summed E-state index contributed by atoms with van der Waals surface area (Å²) in [7, 11) is 0. The zero-order valence-electron chi connectivity index (χ0n) is 8.86. The van der Waals surface area contributed by atoms with Crippen LogP contribution in [0.2, 0.25) is 5.15 Å². The molecule has 3 rings (SSSR count). The highest BCUT2D eigenvalue weighted by molar-refractivity contribution is 6.30. The van der Waals surface area contributed by atoms with Gasteiger partial charge < -0.3 is 15.3 Å². The largest absolute Gasteiger partial charge is 0.392 e. The van der Waals surface area contributed by atoms with Crippen LogP contribution in [0.25, 0.3) is 0 Å². The summed E-state index contributed by atoms with van der Waals surface area (Å²) in [6, 6.07) is 3.12. The molecule has 0 radical (unpaired) electrons. The SMILES string of the molecule is OCc1cc(N2C[C@H]3C[C@@H]2CN3)cnc1Cl. The Hall–Kier alpha value is -0.840. The number of halogens is 1. The van der Waals surface area contributed by atoms with E-state index in [9.17, 15) is 0 Å². The average Bonchev–Trinajstić information content (AvgIpc) is 2.91. The first-order valence-electron chi connectivity index (χ1n) is 5.53. The van der Waals surface area contributed by atoms with Crippen molar-refractivity contribution in [3.8, 4) is 0 Å². The normalized spacial score (nSPS) is 27.8. The monoisotopic (exact) mass is 239 g/mol. The molecule has 2 fully saturated rings. The van der Waals surface area contributed by atoms with Crippen molar-refractivity contribution >= 4 is 17.3 Å². The first-order valence-corrected chi connectivity index (χ1v) is 5.91. The highest BCUT2D eigenvalue weighted by Crippen LogP contribution is 2.30. The Morgan fingerprint density at radius 3 is 3.12 bits per heavy atom. The summed E-state index contributed by atoms with van der Waals surface area (Å²) >= 11 is 5.88. The maximum atomic E-state index is 9.16. The Kier molecular flexibility index (Phi) is 2.50. The summed E-state index contributed by atoms with van der Waals surface area (Å²) in [5, 5.41) is 13.0. The lowest BCUT2D eigenvalue weighted by Gasteiger charge is -2.29. The van der Waals surface area contributed by atoms with E-state index >= 15 is 0 Å². The van der Waals surface area contributed by atoms with E-state index < -0.39 is 0 Å². The fourth-order valence-electron chi connectivity index (χ4n) is 2.63. The Labute approximate surface area is 99.2 Å². The third kappa shape index (κ3) is 1.57. The molecule has 16 heavy (non-hydrogen) atoms.